The van der Waals surface area contributed by atoms with Gasteiger partial charge in [-0.1, -0.05) is 24.3 Å². The van der Waals surface area contributed by atoms with Gasteiger partial charge in [0.1, 0.15) is 11.5 Å². The molecule has 0 aliphatic heterocycles. The summed E-state index contributed by atoms with van der Waals surface area (Å²) in [6.45, 7) is 3.89. The fourth-order valence-corrected chi connectivity index (χ4v) is 1.99. The second kappa shape index (κ2) is 6.80. The summed E-state index contributed by atoms with van der Waals surface area (Å²) in [6.07, 6.45) is 1.68. The number of phenolic OH excluding ortho intramolecular Hbond substituents is 1. The van der Waals surface area contributed by atoms with Gasteiger partial charge in [-0.25, -0.2) is 4.79 Å². The average Bonchev–Trinajstić information content (AvgIpc) is 2.47. The molecule has 4 heteroatoms. The van der Waals surface area contributed by atoms with Crippen LogP contribution in [0.1, 0.15) is 25.0 Å². The van der Waals surface area contributed by atoms with Gasteiger partial charge in [-0.05, 0) is 55.3 Å². The topological polar surface area (TPSA) is 66.8 Å². The van der Waals surface area contributed by atoms with E-state index in [1.54, 1.807) is 30.3 Å². The van der Waals surface area contributed by atoms with E-state index in [9.17, 15) is 15.0 Å². The third-order valence-corrected chi connectivity index (χ3v) is 2.97. The molecule has 4 nitrogen and oxygen atoms in total. The first kappa shape index (κ1) is 15.6. The van der Waals surface area contributed by atoms with Crippen LogP contribution < -0.4 is 4.74 Å². The number of carboxylic acid groups (broad SMARTS) is 1. The smallest absolute Gasteiger partial charge is 0.336 e. The molecule has 2 N–H and O–H groups in total. The Morgan fingerprint density at radius 2 is 1.64 bits per heavy atom. The molecule has 0 radical (unpaired) electrons. The lowest BCUT2D eigenvalue weighted by molar-refractivity contribution is -0.130. The maximum absolute atomic E-state index is 11.4. The fourth-order valence-electron chi connectivity index (χ4n) is 1.99. The van der Waals surface area contributed by atoms with Gasteiger partial charge in [-0.2, -0.15) is 0 Å². The van der Waals surface area contributed by atoms with Crippen molar-refractivity contribution in [1.29, 1.82) is 0 Å². The largest absolute Gasteiger partial charge is 0.508 e. The van der Waals surface area contributed by atoms with E-state index < -0.39 is 5.97 Å². The highest BCUT2D eigenvalue weighted by Crippen LogP contribution is 2.22. The van der Waals surface area contributed by atoms with E-state index in [-0.39, 0.29) is 17.4 Å². The summed E-state index contributed by atoms with van der Waals surface area (Å²) >= 11 is 0. The van der Waals surface area contributed by atoms with E-state index in [0.717, 1.165) is 11.3 Å². The summed E-state index contributed by atoms with van der Waals surface area (Å²) in [6, 6.07) is 13.3. The zero-order chi connectivity index (χ0) is 16.1. The maximum atomic E-state index is 11.4. The molecule has 0 aliphatic carbocycles. The number of ether oxygens (including phenoxy) is 1. The van der Waals surface area contributed by atoms with E-state index in [4.69, 9.17) is 4.74 Å². The first-order valence-corrected chi connectivity index (χ1v) is 6.97. The molecule has 0 bridgehead atoms. The Bertz CT molecular complexity index is 667. The lowest BCUT2D eigenvalue weighted by Gasteiger charge is -2.09. The SMILES string of the molecule is CC(C)Oc1ccc(/C=C(\C(=O)O)c2ccc(O)cc2)cc1. The highest BCUT2D eigenvalue weighted by molar-refractivity contribution is 6.20. The van der Waals surface area contributed by atoms with Crippen LogP contribution in [0.2, 0.25) is 0 Å². The Hall–Kier alpha value is -2.75. The third-order valence-electron chi connectivity index (χ3n) is 2.97. The number of phenols is 1. The number of aromatic hydroxyl groups is 1. The fraction of sp³-hybridized carbons (Fsp3) is 0.167. The van der Waals surface area contributed by atoms with Gasteiger partial charge < -0.3 is 14.9 Å². The Morgan fingerprint density at radius 1 is 1.05 bits per heavy atom. The molecule has 0 atom stereocenters. The van der Waals surface area contributed by atoms with Crippen molar-refractivity contribution < 1.29 is 19.7 Å². The minimum absolute atomic E-state index is 0.0907. The van der Waals surface area contributed by atoms with Crippen molar-refractivity contribution in [1.82, 2.24) is 0 Å². The summed E-state index contributed by atoms with van der Waals surface area (Å²) in [4.78, 5) is 11.4. The Labute approximate surface area is 129 Å². The van der Waals surface area contributed by atoms with Crippen LogP contribution in [0.25, 0.3) is 11.6 Å². The van der Waals surface area contributed by atoms with Crippen LogP contribution in [0, 0.1) is 0 Å². The number of rotatable bonds is 5. The van der Waals surface area contributed by atoms with Crippen LogP contribution in [-0.2, 0) is 4.79 Å². The van der Waals surface area contributed by atoms with Crippen LogP contribution in [0.15, 0.2) is 48.5 Å². The quantitative estimate of drug-likeness (QED) is 0.651. The average molecular weight is 298 g/mol. The van der Waals surface area contributed by atoms with Crippen LogP contribution in [0.4, 0.5) is 0 Å². The first-order chi connectivity index (χ1) is 10.5. The van der Waals surface area contributed by atoms with E-state index >= 15 is 0 Å². The van der Waals surface area contributed by atoms with Gasteiger partial charge in [0.05, 0.1) is 11.7 Å². The molecule has 0 spiro atoms. The molecule has 2 aromatic carbocycles. The van der Waals surface area contributed by atoms with Crippen molar-refractivity contribution in [2.24, 2.45) is 0 Å². The molecule has 0 aromatic heterocycles. The second-order valence-electron chi connectivity index (χ2n) is 5.15. The number of hydrogen-bond acceptors (Lipinski definition) is 3. The number of hydrogen-bond donors (Lipinski definition) is 2. The predicted molar refractivity (Wildman–Crippen MR) is 85.8 cm³/mol. The van der Waals surface area contributed by atoms with Crippen molar-refractivity contribution in [2.45, 2.75) is 20.0 Å². The molecule has 2 aromatic rings. The molecule has 0 heterocycles. The first-order valence-electron chi connectivity index (χ1n) is 6.97. The molecular formula is C18H18O4. The number of carbonyl (C=O) groups is 1. The van der Waals surface area contributed by atoms with Crippen LogP contribution in [0.3, 0.4) is 0 Å². The minimum Gasteiger partial charge on any atom is -0.508 e. The standard InChI is InChI=1S/C18H18O4/c1-12(2)22-16-9-3-13(4-10-16)11-17(18(20)21)14-5-7-15(19)8-6-14/h3-12,19H,1-2H3,(H,20,21)/b17-11-. The molecule has 22 heavy (non-hydrogen) atoms. The van der Waals surface area contributed by atoms with Gasteiger partial charge in [-0.3, -0.25) is 0 Å². The summed E-state index contributed by atoms with van der Waals surface area (Å²) < 4.78 is 5.55. The van der Waals surface area contributed by atoms with Crippen LogP contribution in [0.5, 0.6) is 11.5 Å². The van der Waals surface area contributed by atoms with E-state index in [1.807, 2.05) is 26.0 Å². The molecule has 0 saturated carbocycles. The molecule has 0 fully saturated rings. The predicted octanol–water partition coefficient (Wildman–Crippen LogP) is 3.80. The molecule has 0 aliphatic rings. The van der Waals surface area contributed by atoms with E-state index in [0.29, 0.717) is 5.56 Å². The van der Waals surface area contributed by atoms with Crippen molar-refractivity contribution in [3.05, 3.63) is 59.7 Å². The van der Waals surface area contributed by atoms with Gasteiger partial charge in [0.25, 0.3) is 0 Å². The summed E-state index contributed by atoms with van der Waals surface area (Å²) in [5.74, 6) is -0.175. The van der Waals surface area contributed by atoms with Crippen molar-refractivity contribution >= 4 is 17.6 Å². The van der Waals surface area contributed by atoms with Gasteiger partial charge in [0.2, 0.25) is 0 Å². The number of aliphatic carboxylic acids is 1. The highest BCUT2D eigenvalue weighted by Gasteiger charge is 2.10. The Morgan fingerprint density at radius 3 is 2.14 bits per heavy atom. The van der Waals surface area contributed by atoms with Crippen molar-refractivity contribution in [3.63, 3.8) is 0 Å². The number of benzene rings is 2. The normalized spacial score (nSPS) is 11.5. The molecule has 0 unspecified atom stereocenters. The van der Waals surface area contributed by atoms with Crippen molar-refractivity contribution in [2.75, 3.05) is 0 Å². The lowest BCUT2D eigenvalue weighted by Crippen LogP contribution is -2.05. The summed E-state index contributed by atoms with van der Waals surface area (Å²) in [5.41, 5.74) is 1.46. The van der Waals surface area contributed by atoms with Gasteiger partial charge in [0.15, 0.2) is 0 Å². The van der Waals surface area contributed by atoms with E-state index in [1.165, 1.54) is 12.1 Å². The second-order valence-corrected chi connectivity index (χ2v) is 5.15. The molecule has 0 saturated heterocycles. The monoisotopic (exact) mass is 298 g/mol. The number of carboxylic acids is 1. The highest BCUT2D eigenvalue weighted by atomic mass is 16.5. The van der Waals surface area contributed by atoms with Crippen LogP contribution in [-0.4, -0.2) is 22.3 Å². The lowest BCUT2D eigenvalue weighted by atomic mass is 10.0. The zero-order valence-electron chi connectivity index (χ0n) is 12.5. The maximum Gasteiger partial charge on any atom is 0.336 e. The Kier molecular flexibility index (Phi) is 4.84. The van der Waals surface area contributed by atoms with Gasteiger partial charge in [-0.15, -0.1) is 0 Å². The molecular weight excluding hydrogens is 280 g/mol. The zero-order valence-corrected chi connectivity index (χ0v) is 12.5. The third kappa shape index (κ3) is 4.12. The van der Waals surface area contributed by atoms with Gasteiger partial charge >= 0.3 is 5.97 Å². The minimum atomic E-state index is -1.02. The van der Waals surface area contributed by atoms with E-state index in [2.05, 4.69) is 0 Å². The van der Waals surface area contributed by atoms with Crippen LogP contribution >= 0.6 is 0 Å². The van der Waals surface area contributed by atoms with Crippen molar-refractivity contribution in [3.8, 4) is 11.5 Å². The molecule has 114 valence electrons. The molecule has 2 rings (SSSR count). The Balaban J connectivity index is 2.30. The van der Waals surface area contributed by atoms with Gasteiger partial charge in [0, 0.05) is 0 Å². The molecule has 0 amide bonds. The summed E-state index contributed by atoms with van der Waals surface area (Å²) in [7, 11) is 0. The summed E-state index contributed by atoms with van der Waals surface area (Å²) in [5, 5.41) is 18.7.